The number of carboxylic acids is 1. The van der Waals surface area contributed by atoms with Crippen molar-refractivity contribution < 1.29 is 85.3 Å². The lowest BCUT2D eigenvalue weighted by Gasteiger charge is -2.39. The fourth-order valence-electron chi connectivity index (χ4n) is 12.3. The van der Waals surface area contributed by atoms with Crippen molar-refractivity contribution in [2.75, 3.05) is 50.0 Å². The van der Waals surface area contributed by atoms with Gasteiger partial charge in [0.15, 0.2) is 11.2 Å². The van der Waals surface area contributed by atoms with Gasteiger partial charge in [-0.2, -0.15) is 18.6 Å². The maximum absolute atomic E-state index is 14.1. The van der Waals surface area contributed by atoms with Gasteiger partial charge in [-0.3, -0.25) is 24.0 Å². The van der Waals surface area contributed by atoms with E-state index in [0.717, 1.165) is 117 Å². The van der Waals surface area contributed by atoms with Crippen LogP contribution in [0.15, 0.2) is 54.9 Å². The molecule has 0 saturated carbocycles. The molecule has 6 aliphatic heterocycles. The van der Waals surface area contributed by atoms with Crippen molar-refractivity contribution in [3.05, 3.63) is 131 Å². The van der Waals surface area contributed by atoms with Gasteiger partial charge in [-0.25, -0.2) is 28.0 Å². The van der Waals surface area contributed by atoms with Crippen molar-refractivity contribution >= 4 is 69.4 Å². The molecule has 6 atom stereocenters. The van der Waals surface area contributed by atoms with Crippen LogP contribution in [-0.2, 0) is 57.3 Å². The van der Waals surface area contributed by atoms with Crippen LogP contribution in [0.25, 0.3) is 16.7 Å². The number of nitro groups is 1. The number of phosphoric ester groups is 1. The molecule has 0 aliphatic carbocycles. The summed E-state index contributed by atoms with van der Waals surface area (Å²) in [4.78, 5) is 91.3. The maximum atomic E-state index is 14.1. The largest absolute Gasteiger partial charge is 0.490 e. The second kappa shape index (κ2) is 22.4. The van der Waals surface area contributed by atoms with Crippen molar-refractivity contribution in [1.29, 1.82) is 0 Å². The Labute approximate surface area is 482 Å². The molecule has 28 nitrogen and oxygen atoms in total. The Kier molecular flexibility index (Phi) is 15.3. The van der Waals surface area contributed by atoms with E-state index in [0.29, 0.717) is 5.56 Å². The van der Waals surface area contributed by atoms with E-state index in [1.165, 1.54) is 70.3 Å². The number of anilines is 2. The number of carbonyl (C=O) groups excluding carboxylic acids is 1. The molecular weight excluding hydrogens is 1170 g/mol. The van der Waals surface area contributed by atoms with E-state index >= 15 is 0 Å². The van der Waals surface area contributed by atoms with Crippen LogP contribution in [0.5, 0.6) is 17.4 Å². The van der Waals surface area contributed by atoms with Crippen LogP contribution in [0.3, 0.4) is 0 Å². The molecule has 0 radical (unpaired) electrons. The molecular formula is C54H55N9O19P3+. The van der Waals surface area contributed by atoms with Gasteiger partial charge in [0.25, 0.3) is 11.6 Å². The zero-order chi connectivity index (χ0) is 59.9. The summed E-state index contributed by atoms with van der Waals surface area (Å²) in [5.41, 5.74) is 14.1. The third-order valence-corrected chi connectivity index (χ3v) is 19.5. The van der Waals surface area contributed by atoms with E-state index in [9.17, 15) is 53.4 Å². The molecule has 0 spiro atoms. The highest BCUT2D eigenvalue weighted by Crippen LogP contribution is 2.66. The summed E-state index contributed by atoms with van der Waals surface area (Å²) >= 11 is 0. The molecule has 2 aromatic heterocycles. The van der Waals surface area contributed by atoms with Crippen molar-refractivity contribution in [2.24, 2.45) is 0 Å². The number of nitrogens with one attached hydrogen (secondary N) is 1. The molecule has 0 bridgehead atoms. The second-order valence-electron chi connectivity index (χ2n) is 21.2. The number of aliphatic hydroxyl groups excluding tert-OH is 1. The number of phosphoric acid groups is 3. The number of hydrogen-bond acceptors (Lipinski definition) is 19. The lowest BCUT2D eigenvalue weighted by Crippen LogP contribution is -2.45. The second-order valence-corrected chi connectivity index (χ2v) is 25.6. The molecule has 4 aromatic carbocycles. The topological polar surface area (TPSA) is 393 Å². The van der Waals surface area contributed by atoms with E-state index in [4.69, 9.17) is 29.7 Å². The van der Waals surface area contributed by atoms with Gasteiger partial charge < -0.3 is 59.9 Å². The van der Waals surface area contributed by atoms with Crippen molar-refractivity contribution in [3.63, 3.8) is 0 Å². The third kappa shape index (κ3) is 11.5. The van der Waals surface area contributed by atoms with E-state index in [1.54, 1.807) is 6.07 Å². The zero-order valence-electron chi connectivity index (χ0n) is 45.2. The molecule has 8 heterocycles. The highest BCUT2D eigenvalue weighted by atomic mass is 31.3. The lowest BCUT2D eigenvalue weighted by molar-refractivity contribution is -0.386. The van der Waals surface area contributed by atoms with Gasteiger partial charge in [0.2, 0.25) is 17.2 Å². The zero-order valence-corrected chi connectivity index (χ0v) is 47.8. The molecule has 31 heteroatoms. The SMILES string of the molecule is CC(Oc1nc(N)nc2c1ncn2C1CC(O)C(COP(=O)(O)OP(=O)(O)OP(=O)(O)O)O1)c1ccc(C#CCNC(=O)c2ccc(C(=O)O)c(C3=c4cc5c6c(c4Oc4c3cc3c7c4CCCN7CCC3)CCC[N+]=6CCC5)c2)cc1[N+](=O)[O-]. The van der Waals surface area contributed by atoms with Crippen molar-refractivity contribution in [2.45, 2.75) is 89.3 Å². The molecule has 1 amide bonds. The molecule has 6 aromatic rings. The monoisotopic (exact) mass is 1230 g/mol. The first-order valence-corrected chi connectivity index (χ1v) is 31.7. The van der Waals surface area contributed by atoms with Gasteiger partial charge in [0.05, 0.1) is 47.2 Å². The van der Waals surface area contributed by atoms with Crippen LogP contribution in [0.2, 0.25) is 0 Å². The number of nitrogens with two attached hydrogens (primary N) is 1. The molecule has 12 rings (SSSR count). The molecule has 1 saturated heterocycles. The quantitative estimate of drug-likeness (QED) is 0.0219. The van der Waals surface area contributed by atoms with Crippen LogP contribution in [-0.4, -0.2) is 118 Å². The van der Waals surface area contributed by atoms with E-state index in [1.807, 2.05) is 0 Å². The van der Waals surface area contributed by atoms with Gasteiger partial charge in [0.1, 0.15) is 43.0 Å². The van der Waals surface area contributed by atoms with Crippen molar-refractivity contribution in [3.8, 4) is 29.2 Å². The van der Waals surface area contributed by atoms with Gasteiger partial charge in [-0.05, 0) is 99.0 Å². The van der Waals surface area contributed by atoms with Crippen LogP contribution >= 0.6 is 23.5 Å². The van der Waals surface area contributed by atoms with Crippen LogP contribution in [0, 0.1) is 22.0 Å². The summed E-state index contributed by atoms with van der Waals surface area (Å²) in [5.74, 6) is 5.05. The van der Waals surface area contributed by atoms with Gasteiger partial charge in [-0.1, -0.05) is 11.8 Å². The summed E-state index contributed by atoms with van der Waals surface area (Å²) in [6.45, 7) is 4.26. The lowest BCUT2D eigenvalue weighted by atomic mass is 9.81. The highest BCUT2D eigenvalue weighted by molar-refractivity contribution is 7.66. The van der Waals surface area contributed by atoms with E-state index in [2.05, 4.69) is 66.9 Å². The van der Waals surface area contributed by atoms with Gasteiger partial charge in [0, 0.05) is 82.7 Å². The Morgan fingerprint density at radius 1 is 0.929 bits per heavy atom. The van der Waals surface area contributed by atoms with Crippen LogP contribution < -0.4 is 40.6 Å². The number of hydrogen-bond donors (Lipinski definition) is 8. The Hall–Kier alpha value is -7.47. The number of carbonyl (C=O) groups is 2. The molecule has 6 unspecified atom stereocenters. The van der Waals surface area contributed by atoms with Gasteiger partial charge in [-0.15, -0.1) is 0 Å². The number of nitrogen functional groups attached to an aromatic ring is 1. The fourth-order valence-corrected chi connectivity index (χ4v) is 15.3. The first kappa shape index (κ1) is 57.9. The number of nitro benzene ring substituents is 1. The van der Waals surface area contributed by atoms with E-state index < -0.39 is 71.4 Å². The third-order valence-electron chi connectivity index (χ3n) is 15.7. The molecule has 85 heavy (non-hydrogen) atoms. The molecule has 444 valence electrons. The molecule has 1 fully saturated rings. The Morgan fingerprint density at radius 2 is 1.68 bits per heavy atom. The summed E-state index contributed by atoms with van der Waals surface area (Å²) in [7, 11) is -17.0. The number of carboxylic acid groups (broad SMARTS) is 1. The first-order chi connectivity index (χ1) is 40.5. The summed E-state index contributed by atoms with van der Waals surface area (Å²) in [6.07, 6.45) is 3.40. The Balaban J connectivity index is 0.767. The fraction of sp³-hybridized carbons (Fsp3) is 0.370. The molecule has 6 aliphatic rings. The van der Waals surface area contributed by atoms with Gasteiger partial charge >= 0.3 is 29.4 Å². The predicted octanol–water partition coefficient (Wildman–Crippen LogP) is 4.36. The number of amides is 1. The predicted molar refractivity (Wildman–Crippen MR) is 299 cm³/mol. The molecule has 9 N–H and O–H groups in total. The number of ether oxygens (including phenoxy) is 3. The number of aliphatic hydroxyl groups is 1. The number of aromatic carboxylic acids is 1. The van der Waals surface area contributed by atoms with E-state index in [-0.39, 0.29) is 63.9 Å². The number of imidazole rings is 1. The minimum absolute atomic E-state index is 0.00771. The average molecular weight is 1230 g/mol. The minimum atomic E-state index is -5.80. The maximum Gasteiger partial charge on any atom is 0.490 e. The number of fused-ring (bicyclic) bond motifs is 5. The number of rotatable bonds is 16. The standard InChI is InChI=1S/C54H54N9O19P3/c1-28(78-52-45-50(58-54(55)59-52)62(27-57-45)43-25-41(64)42(79-43)26-77-84(73,74)82-85(75,76)81-83(70,71)72)33-14-12-29(21-40(33)63(68)69)7-2-16-56-51(65)32-13-15-34(53(66)67)37(24-32)44-38-22-30-8-3-17-60-19-5-10-35(46(30)60)48(38)80-49-36-11-6-20-61-18-4-9-31(47(36)61)23-39(44)49/h12-15,21-24,27-28,41-43,64H,3-6,8-11,16-20,25-26H2,1H3,(H7-,55,56,58,59,65,66,67,70,71,72,73,74,75,76)/p+1. The van der Waals surface area contributed by atoms with Crippen LogP contribution in [0.1, 0.15) is 117 Å². The normalized spacial score (nSPS) is 20.3. The number of nitrogens with zero attached hydrogens (tertiary/aromatic N) is 7. The Bertz CT molecular complexity index is 4190. The number of benzene rings is 4. The smallest absolute Gasteiger partial charge is 0.478 e. The Morgan fingerprint density at radius 3 is 2.45 bits per heavy atom. The number of aryl methyl sites for hydroxylation is 2. The minimum Gasteiger partial charge on any atom is -0.478 e. The summed E-state index contributed by atoms with van der Waals surface area (Å²) in [5, 5.41) is 38.9. The highest BCUT2D eigenvalue weighted by Gasteiger charge is 2.44. The van der Waals surface area contributed by atoms with Crippen molar-refractivity contribution in [1.82, 2.24) is 29.4 Å². The average Bonchev–Trinajstić information content (AvgIpc) is 1.91. The number of aromatic nitrogens is 4. The summed E-state index contributed by atoms with van der Waals surface area (Å²) in [6, 6.07) is 13.1. The van der Waals surface area contributed by atoms with Crippen LogP contribution in [0.4, 0.5) is 17.3 Å². The first-order valence-electron chi connectivity index (χ1n) is 27.1. The summed E-state index contributed by atoms with van der Waals surface area (Å²) < 4.78 is 69.9.